The highest BCUT2D eigenvalue weighted by Gasteiger charge is 2.11. The van der Waals surface area contributed by atoms with Gasteiger partial charge in [-0.05, 0) is 34.5 Å². The summed E-state index contributed by atoms with van der Waals surface area (Å²) in [4.78, 5) is 0. The van der Waals surface area contributed by atoms with Crippen molar-refractivity contribution in [2.75, 3.05) is 5.73 Å². The lowest BCUT2D eigenvalue weighted by Crippen LogP contribution is -1.98. The monoisotopic (exact) mass is 228 g/mol. The van der Waals surface area contributed by atoms with Gasteiger partial charge in [-0.25, -0.2) is 4.39 Å². The molecule has 0 radical (unpaired) electrons. The van der Waals surface area contributed by atoms with Gasteiger partial charge in [0.25, 0.3) is 0 Å². The number of aryl methyl sites for hydroxylation is 1. The van der Waals surface area contributed by atoms with E-state index in [1.807, 2.05) is 6.07 Å². The van der Waals surface area contributed by atoms with E-state index < -0.39 is 5.82 Å². The highest BCUT2D eigenvalue weighted by Crippen LogP contribution is 2.27. The molecule has 0 bridgehead atoms. The van der Waals surface area contributed by atoms with Crippen LogP contribution in [0.1, 0.15) is 11.1 Å². The summed E-state index contributed by atoms with van der Waals surface area (Å²) in [5.41, 5.74) is 5.85. The fourth-order valence-electron chi connectivity index (χ4n) is 0.890. The summed E-state index contributed by atoms with van der Waals surface area (Å²) in [5, 5.41) is 8.59. The Morgan fingerprint density at radius 1 is 1.67 bits per heavy atom. The first kappa shape index (κ1) is 9.01. The van der Waals surface area contributed by atoms with E-state index in [2.05, 4.69) is 15.9 Å². The molecule has 4 heteroatoms. The van der Waals surface area contributed by atoms with Crippen LogP contribution in [0.5, 0.6) is 0 Å². The van der Waals surface area contributed by atoms with E-state index in [-0.39, 0.29) is 11.3 Å². The zero-order valence-corrected chi connectivity index (χ0v) is 7.94. The van der Waals surface area contributed by atoms with Crippen LogP contribution in [0.2, 0.25) is 0 Å². The molecule has 0 unspecified atom stereocenters. The van der Waals surface area contributed by atoms with Gasteiger partial charge in [-0.2, -0.15) is 5.26 Å². The number of hydrogen-bond acceptors (Lipinski definition) is 2. The number of rotatable bonds is 0. The summed E-state index contributed by atoms with van der Waals surface area (Å²) >= 11 is 3.12. The maximum atomic E-state index is 13.1. The second kappa shape index (κ2) is 3.11. The minimum atomic E-state index is -0.519. The average Bonchev–Trinajstić information content (AvgIpc) is 2.01. The van der Waals surface area contributed by atoms with Crippen LogP contribution in [-0.4, -0.2) is 0 Å². The van der Waals surface area contributed by atoms with E-state index >= 15 is 0 Å². The molecular weight excluding hydrogens is 223 g/mol. The molecule has 0 aliphatic rings. The third kappa shape index (κ3) is 1.28. The van der Waals surface area contributed by atoms with Crippen LogP contribution >= 0.6 is 15.9 Å². The van der Waals surface area contributed by atoms with Gasteiger partial charge in [0.05, 0.1) is 11.3 Å². The zero-order valence-electron chi connectivity index (χ0n) is 6.36. The first-order chi connectivity index (χ1) is 5.57. The Morgan fingerprint density at radius 2 is 2.25 bits per heavy atom. The van der Waals surface area contributed by atoms with Crippen LogP contribution < -0.4 is 5.73 Å². The molecule has 2 N–H and O–H groups in total. The van der Waals surface area contributed by atoms with Crippen LogP contribution in [0.15, 0.2) is 10.5 Å². The SMILES string of the molecule is Cc1cc(Br)c(C#N)c(N)c1F. The molecule has 0 aliphatic carbocycles. The Balaban J connectivity index is 3.54. The Kier molecular flexibility index (Phi) is 2.34. The van der Waals surface area contributed by atoms with Crippen molar-refractivity contribution in [3.05, 3.63) is 27.5 Å². The van der Waals surface area contributed by atoms with Crippen molar-refractivity contribution in [1.82, 2.24) is 0 Å². The van der Waals surface area contributed by atoms with E-state index in [4.69, 9.17) is 11.0 Å². The van der Waals surface area contributed by atoms with E-state index in [9.17, 15) is 4.39 Å². The van der Waals surface area contributed by atoms with Crippen molar-refractivity contribution in [3.63, 3.8) is 0 Å². The van der Waals surface area contributed by atoms with Crippen molar-refractivity contribution in [3.8, 4) is 6.07 Å². The summed E-state index contributed by atoms with van der Waals surface area (Å²) < 4.78 is 13.6. The number of benzene rings is 1. The molecule has 62 valence electrons. The van der Waals surface area contributed by atoms with Crippen LogP contribution in [0, 0.1) is 24.1 Å². The van der Waals surface area contributed by atoms with Crippen LogP contribution in [0.3, 0.4) is 0 Å². The number of halogens is 2. The van der Waals surface area contributed by atoms with Gasteiger partial charge in [-0.1, -0.05) is 0 Å². The van der Waals surface area contributed by atoms with Gasteiger partial charge in [0.15, 0.2) is 0 Å². The lowest BCUT2D eigenvalue weighted by Gasteiger charge is -2.04. The molecule has 2 nitrogen and oxygen atoms in total. The molecule has 0 fully saturated rings. The number of nitriles is 1. The highest BCUT2D eigenvalue weighted by atomic mass is 79.9. The minimum absolute atomic E-state index is 0.0932. The van der Waals surface area contributed by atoms with Crippen molar-refractivity contribution < 1.29 is 4.39 Å². The molecule has 12 heavy (non-hydrogen) atoms. The second-order valence-corrected chi connectivity index (χ2v) is 3.24. The Morgan fingerprint density at radius 3 is 2.75 bits per heavy atom. The van der Waals surface area contributed by atoms with Crippen LogP contribution in [-0.2, 0) is 0 Å². The third-order valence-corrected chi connectivity index (χ3v) is 2.17. The smallest absolute Gasteiger partial charge is 0.150 e. The van der Waals surface area contributed by atoms with Gasteiger partial charge < -0.3 is 5.73 Å². The number of nitrogens with two attached hydrogens (primary N) is 1. The third-order valence-electron chi connectivity index (χ3n) is 1.55. The first-order valence-corrected chi connectivity index (χ1v) is 4.01. The molecule has 0 saturated heterocycles. The molecular formula is C8H6BrFN2. The van der Waals surface area contributed by atoms with Gasteiger partial charge >= 0.3 is 0 Å². The molecule has 0 heterocycles. The van der Waals surface area contributed by atoms with Crippen LogP contribution in [0.4, 0.5) is 10.1 Å². The first-order valence-electron chi connectivity index (χ1n) is 3.22. The van der Waals surface area contributed by atoms with Crippen molar-refractivity contribution >= 4 is 21.6 Å². The fourth-order valence-corrected chi connectivity index (χ4v) is 1.54. The average molecular weight is 229 g/mol. The largest absolute Gasteiger partial charge is 0.395 e. The maximum absolute atomic E-state index is 13.1. The molecule has 0 amide bonds. The molecule has 0 saturated carbocycles. The lowest BCUT2D eigenvalue weighted by atomic mass is 10.1. The molecule has 0 spiro atoms. The topological polar surface area (TPSA) is 49.8 Å². The normalized spacial score (nSPS) is 9.50. The zero-order chi connectivity index (χ0) is 9.30. The van der Waals surface area contributed by atoms with Gasteiger partial charge in [0.1, 0.15) is 11.9 Å². The molecule has 0 atom stereocenters. The minimum Gasteiger partial charge on any atom is -0.395 e. The van der Waals surface area contributed by atoms with E-state index in [1.54, 1.807) is 6.92 Å². The molecule has 1 aromatic carbocycles. The molecule has 1 aromatic rings. The Labute approximate surface area is 77.9 Å². The second-order valence-electron chi connectivity index (χ2n) is 2.39. The van der Waals surface area contributed by atoms with Crippen molar-refractivity contribution in [2.45, 2.75) is 6.92 Å². The summed E-state index contributed by atoms with van der Waals surface area (Å²) in [7, 11) is 0. The maximum Gasteiger partial charge on any atom is 0.150 e. The predicted octanol–water partition coefficient (Wildman–Crippen LogP) is 2.35. The van der Waals surface area contributed by atoms with E-state index in [0.29, 0.717) is 10.0 Å². The number of nitrogens with zero attached hydrogens (tertiary/aromatic N) is 1. The highest BCUT2D eigenvalue weighted by molar-refractivity contribution is 9.10. The Bertz CT molecular complexity index is 368. The molecule has 0 aromatic heterocycles. The number of nitrogen functional groups attached to an aromatic ring is 1. The van der Waals surface area contributed by atoms with Crippen molar-refractivity contribution in [1.29, 1.82) is 5.26 Å². The Hall–Kier alpha value is -1.08. The summed E-state index contributed by atoms with van der Waals surface area (Å²) in [5.74, 6) is -0.519. The van der Waals surface area contributed by atoms with Gasteiger partial charge in [0.2, 0.25) is 0 Å². The van der Waals surface area contributed by atoms with Gasteiger partial charge in [0, 0.05) is 4.47 Å². The quantitative estimate of drug-likeness (QED) is 0.694. The number of hydrogen-bond donors (Lipinski definition) is 1. The van der Waals surface area contributed by atoms with E-state index in [1.165, 1.54) is 6.07 Å². The fraction of sp³-hybridized carbons (Fsp3) is 0.125. The van der Waals surface area contributed by atoms with Gasteiger partial charge in [-0.3, -0.25) is 0 Å². The summed E-state index contributed by atoms with van der Waals surface area (Å²) in [6.07, 6.45) is 0. The number of anilines is 1. The molecule has 0 aliphatic heterocycles. The molecule has 1 rings (SSSR count). The van der Waals surface area contributed by atoms with Crippen molar-refractivity contribution in [2.24, 2.45) is 0 Å². The summed E-state index contributed by atoms with van der Waals surface area (Å²) in [6, 6.07) is 3.35. The standard InChI is InChI=1S/C8H6BrFN2/c1-4-2-6(9)5(3-11)8(12)7(4)10/h2H,12H2,1H3. The van der Waals surface area contributed by atoms with Crippen LogP contribution in [0.25, 0.3) is 0 Å². The van der Waals surface area contributed by atoms with E-state index in [0.717, 1.165) is 0 Å². The summed E-state index contributed by atoms with van der Waals surface area (Å²) in [6.45, 7) is 1.59. The predicted molar refractivity (Wildman–Crippen MR) is 48.0 cm³/mol. The lowest BCUT2D eigenvalue weighted by molar-refractivity contribution is 0.622. The van der Waals surface area contributed by atoms with Gasteiger partial charge in [-0.15, -0.1) is 0 Å².